The smallest absolute Gasteiger partial charge is 0.0131 e. The zero-order valence-corrected chi connectivity index (χ0v) is 8.87. The zero-order chi connectivity index (χ0) is 9.54. The Balaban J connectivity index is 1.86. The van der Waals surface area contributed by atoms with Crippen molar-refractivity contribution in [3.63, 3.8) is 0 Å². The number of aryl methyl sites for hydroxylation is 1. The first-order valence-corrected chi connectivity index (χ1v) is 5.89. The first-order valence-electron chi connectivity index (χ1n) is 5.89. The van der Waals surface area contributed by atoms with Crippen molar-refractivity contribution in [3.8, 4) is 0 Å². The van der Waals surface area contributed by atoms with Crippen LogP contribution < -0.4 is 0 Å². The van der Waals surface area contributed by atoms with Gasteiger partial charge < -0.3 is 0 Å². The molecule has 0 nitrogen and oxygen atoms in total. The maximum Gasteiger partial charge on any atom is -0.0131 e. The van der Waals surface area contributed by atoms with Crippen LogP contribution in [0.3, 0.4) is 0 Å². The Morgan fingerprint density at radius 3 is 2.36 bits per heavy atom. The molecule has 0 N–H and O–H groups in total. The summed E-state index contributed by atoms with van der Waals surface area (Å²) in [6, 6.07) is 9.23. The van der Waals surface area contributed by atoms with Crippen molar-refractivity contribution in [2.45, 2.75) is 38.5 Å². The Morgan fingerprint density at radius 2 is 1.79 bits per heavy atom. The van der Waals surface area contributed by atoms with E-state index in [0.29, 0.717) is 0 Å². The lowest BCUT2D eigenvalue weighted by atomic mass is 9.83. The number of benzene rings is 1. The SMILES string of the molecule is Cc1ccc([C@@H]2C[C@H]3CC[C@@H]2C3)cc1. The molecule has 2 saturated carbocycles. The van der Waals surface area contributed by atoms with E-state index in [1.807, 2.05) is 0 Å². The predicted molar refractivity (Wildman–Crippen MR) is 59.4 cm³/mol. The van der Waals surface area contributed by atoms with Gasteiger partial charge in [-0.2, -0.15) is 0 Å². The number of hydrogen-bond donors (Lipinski definition) is 0. The van der Waals surface area contributed by atoms with Crippen LogP contribution in [0, 0.1) is 18.8 Å². The Hall–Kier alpha value is -0.780. The summed E-state index contributed by atoms with van der Waals surface area (Å²) < 4.78 is 0. The van der Waals surface area contributed by atoms with Crippen molar-refractivity contribution >= 4 is 0 Å². The minimum atomic E-state index is 0.898. The summed E-state index contributed by atoms with van der Waals surface area (Å²) >= 11 is 0. The molecule has 1 aromatic rings. The maximum atomic E-state index is 2.35. The molecule has 2 bridgehead atoms. The molecule has 0 amide bonds. The summed E-state index contributed by atoms with van der Waals surface area (Å²) in [5.41, 5.74) is 2.99. The second-order valence-electron chi connectivity index (χ2n) is 5.19. The minimum absolute atomic E-state index is 0.898. The van der Waals surface area contributed by atoms with Crippen LogP contribution in [0.1, 0.15) is 42.7 Å². The standard InChI is InChI=1S/C14H18/c1-10-2-5-12(6-3-10)14-9-11-4-7-13(14)8-11/h2-3,5-6,11,13-14H,4,7-9H2,1H3/t11-,13+,14-/m0/s1. The number of fused-ring (bicyclic) bond motifs is 2. The van der Waals surface area contributed by atoms with Gasteiger partial charge in [0.15, 0.2) is 0 Å². The molecule has 3 atom stereocenters. The molecule has 0 saturated heterocycles. The van der Waals surface area contributed by atoms with Crippen LogP contribution in [0.5, 0.6) is 0 Å². The molecule has 0 heteroatoms. The highest BCUT2D eigenvalue weighted by molar-refractivity contribution is 5.26. The second-order valence-corrected chi connectivity index (χ2v) is 5.19. The Bertz CT molecular complexity index is 322. The van der Waals surface area contributed by atoms with Gasteiger partial charge in [-0.1, -0.05) is 36.2 Å². The lowest BCUT2D eigenvalue weighted by molar-refractivity contribution is 0.420. The van der Waals surface area contributed by atoms with Gasteiger partial charge in [0.25, 0.3) is 0 Å². The average molecular weight is 186 g/mol. The number of rotatable bonds is 1. The van der Waals surface area contributed by atoms with Crippen LogP contribution in [0.2, 0.25) is 0 Å². The first kappa shape index (κ1) is 8.52. The van der Waals surface area contributed by atoms with E-state index in [1.54, 1.807) is 5.56 Å². The normalized spacial score (nSPS) is 35.1. The molecule has 0 unspecified atom stereocenters. The fourth-order valence-corrected chi connectivity index (χ4v) is 3.47. The lowest BCUT2D eigenvalue weighted by Gasteiger charge is -2.22. The van der Waals surface area contributed by atoms with Gasteiger partial charge in [-0.15, -0.1) is 0 Å². The van der Waals surface area contributed by atoms with Gasteiger partial charge in [-0.25, -0.2) is 0 Å². The van der Waals surface area contributed by atoms with Crippen LogP contribution in [0.15, 0.2) is 24.3 Å². The first-order chi connectivity index (χ1) is 6.83. The van der Waals surface area contributed by atoms with Gasteiger partial charge in [-0.3, -0.25) is 0 Å². The fraction of sp³-hybridized carbons (Fsp3) is 0.571. The van der Waals surface area contributed by atoms with Crippen molar-refractivity contribution in [3.05, 3.63) is 35.4 Å². The summed E-state index contributed by atoms with van der Waals surface area (Å²) in [5, 5.41) is 0. The molecule has 2 fully saturated rings. The van der Waals surface area contributed by atoms with Crippen LogP contribution in [0.25, 0.3) is 0 Å². The van der Waals surface area contributed by atoms with E-state index in [-0.39, 0.29) is 0 Å². The summed E-state index contributed by atoms with van der Waals surface area (Å²) in [5.74, 6) is 2.98. The third-order valence-electron chi connectivity index (χ3n) is 4.24. The quantitative estimate of drug-likeness (QED) is 0.624. The highest BCUT2D eigenvalue weighted by Crippen LogP contribution is 2.52. The molecule has 14 heavy (non-hydrogen) atoms. The van der Waals surface area contributed by atoms with Crippen LogP contribution in [-0.4, -0.2) is 0 Å². The van der Waals surface area contributed by atoms with Crippen molar-refractivity contribution in [1.82, 2.24) is 0 Å². The molecule has 0 radical (unpaired) electrons. The molecule has 1 aromatic carbocycles. The highest BCUT2D eigenvalue weighted by atomic mass is 14.4. The monoisotopic (exact) mass is 186 g/mol. The van der Waals surface area contributed by atoms with Gasteiger partial charge >= 0.3 is 0 Å². The van der Waals surface area contributed by atoms with Crippen LogP contribution >= 0.6 is 0 Å². The molecule has 3 rings (SSSR count). The lowest BCUT2D eigenvalue weighted by Crippen LogP contribution is -2.08. The van der Waals surface area contributed by atoms with E-state index in [9.17, 15) is 0 Å². The largest absolute Gasteiger partial charge is 0.0590 e. The van der Waals surface area contributed by atoms with Crippen LogP contribution in [-0.2, 0) is 0 Å². The molecule has 2 aliphatic rings. The van der Waals surface area contributed by atoms with E-state index in [2.05, 4.69) is 31.2 Å². The van der Waals surface area contributed by atoms with E-state index in [4.69, 9.17) is 0 Å². The highest BCUT2D eigenvalue weighted by Gasteiger charge is 2.39. The molecule has 74 valence electrons. The summed E-state index contributed by atoms with van der Waals surface area (Å²) in [6.07, 6.45) is 5.97. The maximum absolute atomic E-state index is 2.35. The van der Waals surface area contributed by atoms with Gasteiger partial charge in [0, 0.05) is 0 Å². The van der Waals surface area contributed by atoms with Crippen LogP contribution in [0.4, 0.5) is 0 Å². The molecule has 0 aliphatic heterocycles. The summed E-state index contributed by atoms with van der Waals surface area (Å²) in [6.45, 7) is 2.17. The third kappa shape index (κ3) is 1.28. The van der Waals surface area contributed by atoms with Crippen molar-refractivity contribution in [2.24, 2.45) is 11.8 Å². The van der Waals surface area contributed by atoms with E-state index < -0.39 is 0 Å². The molecule has 2 aliphatic carbocycles. The molecule has 0 heterocycles. The molecule has 0 spiro atoms. The van der Waals surface area contributed by atoms with E-state index >= 15 is 0 Å². The van der Waals surface area contributed by atoms with Crippen molar-refractivity contribution in [1.29, 1.82) is 0 Å². The third-order valence-corrected chi connectivity index (χ3v) is 4.24. The van der Waals surface area contributed by atoms with E-state index in [0.717, 1.165) is 17.8 Å². The van der Waals surface area contributed by atoms with Gasteiger partial charge in [0.1, 0.15) is 0 Å². The topological polar surface area (TPSA) is 0 Å². The minimum Gasteiger partial charge on any atom is -0.0590 e. The summed E-state index contributed by atoms with van der Waals surface area (Å²) in [4.78, 5) is 0. The molecular weight excluding hydrogens is 168 g/mol. The molecule has 0 aromatic heterocycles. The van der Waals surface area contributed by atoms with Gasteiger partial charge in [0.2, 0.25) is 0 Å². The average Bonchev–Trinajstić information content (AvgIpc) is 2.80. The zero-order valence-electron chi connectivity index (χ0n) is 8.87. The molecular formula is C14H18. The predicted octanol–water partition coefficient (Wildman–Crippen LogP) is 3.90. The number of hydrogen-bond acceptors (Lipinski definition) is 0. The van der Waals surface area contributed by atoms with Crippen molar-refractivity contribution < 1.29 is 0 Å². The fourth-order valence-electron chi connectivity index (χ4n) is 3.47. The van der Waals surface area contributed by atoms with E-state index in [1.165, 1.54) is 31.2 Å². The summed E-state index contributed by atoms with van der Waals surface area (Å²) in [7, 11) is 0. The van der Waals surface area contributed by atoms with Crippen molar-refractivity contribution in [2.75, 3.05) is 0 Å². The Kier molecular flexibility index (Phi) is 1.90. The second kappa shape index (κ2) is 3.12. The Morgan fingerprint density at radius 1 is 1.00 bits per heavy atom. The Labute approximate surface area is 86.3 Å². The van der Waals surface area contributed by atoms with Gasteiger partial charge in [-0.05, 0) is 49.5 Å². The van der Waals surface area contributed by atoms with Gasteiger partial charge in [0.05, 0.1) is 0 Å².